The number of rotatable bonds is 6. The van der Waals surface area contributed by atoms with Gasteiger partial charge in [0.25, 0.3) is 0 Å². The molecule has 1 aromatic carbocycles. The monoisotopic (exact) mass is 264 g/mol. The van der Waals surface area contributed by atoms with Crippen LogP contribution in [0.5, 0.6) is 0 Å². The first-order valence-corrected chi connectivity index (χ1v) is 7.08. The average Bonchev–Trinajstić information content (AvgIpc) is 2.33. The molecule has 1 rings (SSSR count). The second-order valence-electron chi connectivity index (χ2n) is 4.87. The molecule has 1 atom stereocenters. The van der Waals surface area contributed by atoms with Gasteiger partial charge in [-0.05, 0) is 31.4 Å². The summed E-state index contributed by atoms with van der Waals surface area (Å²) in [5, 5.41) is 3.59. The molecule has 0 saturated heterocycles. The quantitative estimate of drug-likeness (QED) is 0.766. The zero-order valence-corrected chi connectivity index (χ0v) is 12.6. The van der Waals surface area contributed by atoms with Gasteiger partial charge in [0.15, 0.2) is 0 Å². The highest BCUT2D eigenvalue weighted by atomic mass is 32.1. The first-order valence-electron chi connectivity index (χ1n) is 6.67. The Bertz CT molecular complexity index is 411. The number of hydrogen-bond donors (Lipinski definition) is 2. The zero-order chi connectivity index (χ0) is 13.7. The number of nitrogens with one attached hydrogen (secondary N) is 1. The Morgan fingerprint density at radius 3 is 2.44 bits per heavy atom. The molecule has 0 fully saturated rings. The Balaban J connectivity index is 2.99. The summed E-state index contributed by atoms with van der Waals surface area (Å²) in [4.78, 5) is 0.456. The van der Waals surface area contributed by atoms with Crippen LogP contribution in [0.1, 0.15) is 44.7 Å². The van der Waals surface area contributed by atoms with Crippen molar-refractivity contribution in [2.45, 2.75) is 46.6 Å². The minimum absolute atomic E-state index is 0.425. The molecular formula is C15H24N2S. The van der Waals surface area contributed by atoms with Crippen molar-refractivity contribution in [1.82, 2.24) is 0 Å². The van der Waals surface area contributed by atoms with E-state index in [0.29, 0.717) is 16.9 Å². The van der Waals surface area contributed by atoms with Crippen molar-refractivity contribution < 1.29 is 0 Å². The van der Waals surface area contributed by atoms with Crippen molar-refractivity contribution in [3.63, 3.8) is 0 Å². The topological polar surface area (TPSA) is 38.0 Å². The molecular weight excluding hydrogens is 240 g/mol. The first kappa shape index (κ1) is 15.0. The standard InChI is InChI=1S/C15H24N2S/c1-5-12(6-2)11(4)17-14-10(3)8-7-9-13(14)15(16)18/h7-9,11-12,17H,5-6H2,1-4H3,(H2,16,18). The van der Waals surface area contributed by atoms with Crippen molar-refractivity contribution in [1.29, 1.82) is 0 Å². The van der Waals surface area contributed by atoms with Crippen molar-refractivity contribution in [3.8, 4) is 0 Å². The number of para-hydroxylation sites is 1. The maximum Gasteiger partial charge on any atom is 0.106 e. The predicted octanol–water partition coefficient (Wildman–Crippen LogP) is 3.87. The summed E-state index contributed by atoms with van der Waals surface area (Å²) in [5.74, 6) is 0.670. The molecule has 0 aliphatic heterocycles. The molecule has 2 nitrogen and oxygen atoms in total. The Hall–Kier alpha value is -1.09. The largest absolute Gasteiger partial charge is 0.389 e. The van der Waals surface area contributed by atoms with Gasteiger partial charge in [-0.2, -0.15) is 0 Å². The molecule has 1 aromatic rings. The molecule has 0 aromatic heterocycles. The van der Waals surface area contributed by atoms with Gasteiger partial charge >= 0.3 is 0 Å². The number of hydrogen-bond acceptors (Lipinski definition) is 2. The van der Waals surface area contributed by atoms with Crippen LogP contribution >= 0.6 is 12.2 Å². The Kier molecular flexibility index (Phi) is 5.60. The van der Waals surface area contributed by atoms with Crippen molar-refractivity contribution in [2.24, 2.45) is 11.7 Å². The first-order chi connectivity index (χ1) is 8.51. The summed E-state index contributed by atoms with van der Waals surface area (Å²) >= 11 is 5.12. The third-order valence-electron chi connectivity index (χ3n) is 3.67. The molecule has 0 heterocycles. The summed E-state index contributed by atoms with van der Waals surface area (Å²) in [6, 6.07) is 6.49. The second-order valence-corrected chi connectivity index (χ2v) is 5.31. The number of aryl methyl sites for hydroxylation is 1. The van der Waals surface area contributed by atoms with Crippen LogP contribution in [0.15, 0.2) is 18.2 Å². The number of nitrogens with two attached hydrogens (primary N) is 1. The molecule has 18 heavy (non-hydrogen) atoms. The van der Waals surface area contributed by atoms with Gasteiger partial charge in [0, 0.05) is 17.3 Å². The summed E-state index contributed by atoms with van der Waals surface area (Å²) in [7, 11) is 0. The summed E-state index contributed by atoms with van der Waals surface area (Å²) in [5.41, 5.74) is 9.02. The molecule has 0 aliphatic carbocycles. The predicted molar refractivity (Wildman–Crippen MR) is 84.2 cm³/mol. The van der Waals surface area contributed by atoms with Gasteiger partial charge in [-0.3, -0.25) is 0 Å². The molecule has 3 N–H and O–H groups in total. The molecule has 0 radical (unpaired) electrons. The Labute approximate surface area is 116 Å². The molecule has 0 aliphatic rings. The van der Waals surface area contributed by atoms with E-state index in [1.54, 1.807) is 0 Å². The fraction of sp³-hybridized carbons (Fsp3) is 0.533. The van der Waals surface area contributed by atoms with E-state index in [1.165, 1.54) is 18.4 Å². The molecule has 0 bridgehead atoms. The summed E-state index contributed by atoms with van der Waals surface area (Å²) < 4.78 is 0. The lowest BCUT2D eigenvalue weighted by Crippen LogP contribution is -2.27. The fourth-order valence-corrected chi connectivity index (χ4v) is 2.58. The van der Waals surface area contributed by atoms with Gasteiger partial charge in [0.1, 0.15) is 4.99 Å². The smallest absolute Gasteiger partial charge is 0.106 e. The van der Waals surface area contributed by atoms with Crippen molar-refractivity contribution >= 4 is 22.9 Å². The van der Waals surface area contributed by atoms with Crippen LogP contribution in [0.2, 0.25) is 0 Å². The van der Waals surface area contributed by atoms with E-state index < -0.39 is 0 Å². The lowest BCUT2D eigenvalue weighted by Gasteiger charge is -2.26. The maximum atomic E-state index is 5.79. The van der Waals surface area contributed by atoms with Crippen LogP contribution < -0.4 is 11.1 Å². The normalized spacial score (nSPS) is 12.5. The Morgan fingerprint density at radius 1 is 1.33 bits per heavy atom. The highest BCUT2D eigenvalue weighted by Gasteiger charge is 2.16. The van der Waals surface area contributed by atoms with Gasteiger partial charge in [-0.25, -0.2) is 0 Å². The molecule has 0 amide bonds. The fourth-order valence-electron chi connectivity index (χ4n) is 2.41. The third kappa shape index (κ3) is 3.45. The van der Waals surface area contributed by atoms with E-state index in [2.05, 4.69) is 39.1 Å². The van der Waals surface area contributed by atoms with E-state index in [4.69, 9.17) is 18.0 Å². The van der Waals surface area contributed by atoms with Crippen LogP contribution in [0.25, 0.3) is 0 Å². The zero-order valence-electron chi connectivity index (χ0n) is 11.8. The molecule has 100 valence electrons. The summed E-state index contributed by atoms with van der Waals surface area (Å²) in [6.07, 6.45) is 2.36. The van der Waals surface area contributed by atoms with E-state index >= 15 is 0 Å². The van der Waals surface area contributed by atoms with Crippen molar-refractivity contribution in [3.05, 3.63) is 29.3 Å². The number of anilines is 1. The van der Waals surface area contributed by atoms with Crippen molar-refractivity contribution in [2.75, 3.05) is 5.32 Å². The highest BCUT2D eigenvalue weighted by Crippen LogP contribution is 2.24. The van der Waals surface area contributed by atoms with Crippen LogP contribution in [0, 0.1) is 12.8 Å². The van der Waals surface area contributed by atoms with Crippen LogP contribution in [-0.2, 0) is 0 Å². The minimum Gasteiger partial charge on any atom is -0.389 e. The lowest BCUT2D eigenvalue weighted by molar-refractivity contribution is 0.437. The van der Waals surface area contributed by atoms with Crippen LogP contribution in [0.4, 0.5) is 5.69 Å². The second kappa shape index (κ2) is 6.74. The van der Waals surface area contributed by atoms with E-state index in [0.717, 1.165) is 11.3 Å². The molecule has 1 unspecified atom stereocenters. The average molecular weight is 264 g/mol. The molecule has 3 heteroatoms. The Morgan fingerprint density at radius 2 is 1.94 bits per heavy atom. The minimum atomic E-state index is 0.425. The third-order valence-corrected chi connectivity index (χ3v) is 3.89. The van der Waals surface area contributed by atoms with Gasteiger partial charge in [-0.1, -0.05) is 51.0 Å². The number of thiocarbonyl (C=S) groups is 1. The van der Waals surface area contributed by atoms with Crippen LogP contribution in [-0.4, -0.2) is 11.0 Å². The van der Waals surface area contributed by atoms with E-state index in [9.17, 15) is 0 Å². The summed E-state index contributed by atoms with van der Waals surface area (Å²) in [6.45, 7) is 8.79. The maximum absolute atomic E-state index is 5.79. The van der Waals surface area contributed by atoms with Crippen LogP contribution in [0.3, 0.4) is 0 Å². The van der Waals surface area contributed by atoms with Gasteiger partial charge in [-0.15, -0.1) is 0 Å². The SMILES string of the molecule is CCC(CC)C(C)Nc1c(C)cccc1C(N)=S. The lowest BCUT2D eigenvalue weighted by atomic mass is 9.94. The molecule has 0 spiro atoms. The van der Waals surface area contributed by atoms with Gasteiger partial charge in [0.2, 0.25) is 0 Å². The highest BCUT2D eigenvalue weighted by molar-refractivity contribution is 7.80. The number of benzene rings is 1. The van der Waals surface area contributed by atoms with E-state index in [1.807, 2.05) is 12.1 Å². The van der Waals surface area contributed by atoms with Gasteiger partial charge < -0.3 is 11.1 Å². The molecule has 0 saturated carbocycles. The van der Waals surface area contributed by atoms with Gasteiger partial charge in [0.05, 0.1) is 0 Å². The van der Waals surface area contributed by atoms with E-state index in [-0.39, 0.29) is 0 Å².